The van der Waals surface area contributed by atoms with Crippen molar-refractivity contribution >= 4 is 38.8 Å². The van der Waals surface area contributed by atoms with Crippen LogP contribution in [-0.2, 0) is 15.1 Å². The Hall–Kier alpha value is -3.80. The first-order valence-corrected chi connectivity index (χ1v) is 14.3. The lowest BCUT2D eigenvalue weighted by Crippen LogP contribution is -2.55. The minimum Gasteiger partial charge on any atom is -0.457 e. The van der Waals surface area contributed by atoms with Crippen molar-refractivity contribution in [1.29, 1.82) is 0 Å². The second-order valence-electron chi connectivity index (χ2n) is 10.8. The summed E-state index contributed by atoms with van der Waals surface area (Å²) >= 11 is 1.19. The van der Waals surface area contributed by atoms with Gasteiger partial charge in [0.15, 0.2) is 5.78 Å². The van der Waals surface area contributed by atoms with Gasteiger partial charge in [-0.25, -0.2) is 0 Å². The van der Waals surface area contributed by atoms with Crippen molar-refractivity contribution in [3.8, 4) is 11.5 Å². The van der Waals surface area contributed by atoms with Crippen LogP contribution in [0.15, 0.2) is 60.7 Å². The second-order valence-corrected chi connectivity index (χ2v) is 11.8. The quantitative estimate of drug-likeness (QED) is 0.219. The zero-order valence-corrected chi connectivity index (χ0v) is 23.4. The number of Topliss-reactive ketones (excluding diaryl/α,β-unsaturated/α-hetero) is 1. The molecule has 212 valence electrons. The van der Waals surface area contributed by atoms with Crippen molar-refractivity contribution in [1.82, 2.24) is 5.32 Å². The highest BCUT2D eigenvalue weighted by Gasteiger charge is 2.49. The largest absolute Gasteiger partial charge is 0.457 e. The number of rotatable bonds is 6. The SMILES string of the molecule is Cc1cc(Oc2ccccc2)ccc1C1(N)C(=O)C(N)c2c(C(=O)NC3(CO)CCOCC3)sc3c(N)ccc1c23. The summed E-state index contributed by atoms with van der Waals surface area (Å²) in [5, 5.41) is 13.8. The van der Waals surface area contributed by atoms with Gasteiger partial charge in [-0.2, -0.15) is 0 Å². The monoisotopic (exact) mass is 572 g/mol. The van der Waals surface area contributed by atoms with Gasteiger partial charge in [0.2, 0.25) is 0 Å². The van der Waals surface area contributed by atoms with Crippen LogP contribution in [0.5, 0.6) is 11.5 Å². The van der Waals surface area contributed by atoms with E-state index >= 15 is 0 Å². The Morgan fingerprint density at radius 1 is 1.10 bits per heavy atom. The van der Waals surface area contributed by atoms with E-state index in [4.69, 9.17) is 26.7 Å². The van der Waals surface area contributed by atoms with Gasteiger partial charge in [0.05, 0.1) is 27.8 Å². The summed E-state index contributed by atoms with van der Waals surface area (Å²) in [6, 6.07) is 17.1. The summed E-state index contributed by atoms with van der Waals surface area (Å²) in [4.78, 5) is 28.1. The molecule has 6 rings (SSSR count). The van der Waals surface area contributed by atoms with E-state index in [1.54, 1.807) is 24.3 Å². The van der Waals surface area contributed by atoms with Crippen LogP contribution in [0.3, 0.4) is 0 Å². The van der Waals surface area contributed by atoms with Crippen LogP contribution in [0.1, 0.15) is 50.8 Å². The van der Waals surface area contributed by atoms with Gasteiger partial charge in [0, 0.05) is 29.9 Å². The number of nitrogen functional groups attached to an aromatic ring is 1. The number of thiophene rings is 1. The molecule has 1 fully saturated rings. The van der Waals surface area contributed by atoms with Gasteiger partial charge in [-0.15, -0.1) is 11.3 Å². The molecule has 1 amide bonds. The van der Waals surface area contributed by atoms with Gasteiger partial charge in [0.1, 0.15) is 17.0 Å². The van der Waals surface area contributed by atoms with Crippen molar-refractivity contribution in [2.24, 2.45) is 11.5 Å². The van der Waals surface area contributed by atoms with Crippen molar-refractivity contribution in [2.45, 2.75) is 36.9 Å². The number of para-hydroxylation sites is 1. The molecule has 10 heteroatoms. The molecule has 2 unspecified atom stereocenters. The number of carbonyl (C=O) groups is 2. The Morgan fingerprint density at radius 3 is 2.49 bits per heavy atom. The van der Waals surface area contributed by atoms with Crippen molar-refractivity contribution in [3.05, 3.63) is 87.8 Å². The van der Waals surface area contributed by atoms with Gasteiger partial charge in [-0.3, -0.25) is 9.59 Å². The predicted molar refractivity (Wildman–Crippen MR) is 158 cm³/mol. The Bertz CT molecular complexity index is 1660. The normalized spacial score (nSPS) is 21.6. The maximum absolute atomic E-state index is 14.1. The summed E-state index contributed by atoms with van der Waals surface area (Å²) in [5.74, 6) is 0.466. The lowest BCUT2D eigenvalue weighted by molar-refractivity contribution is -0.124. The molecule has 0 saturated carbocycles. The molecule has 8 N–H and O–H groups in total. The topological polar surface area (TPSA) is 163 Å². The molecule has 1 aromatic heterocycles. The Labute approximate surface area is 241 Å². The van der Waals surface area contributed by atoms with E-state index in [1.165, 1.54) is 11.3 Å². The molecule has 2 atom stereocenters. The standard InChI is InChI=1S/C31H32N4O5S/c1-17-15-19(40-18-5-3-2-4-6-18)7-8-20(17)31(34)21-9-10-22(32)26-23(21)24(25(33)28(31)37)27(41-26)29(38)35-30(16-36)11-13-39-14-12-30/h2-10,15,25,36H,11-14,16,32-34H2,1H3,(H,35,38). The third-order valence-electron chi connectivity index (χ3n) is 8.25. The number of nitrogens with two attached hydrogens (primary N) is 3. The second kappa shape index (κ2) is 10.2. The summed E-state index contributed by atoms with van der Waals surface area (Å²) < 4.78 is 12.1. The summed E-state index contributed by atoms with van der Waals surface area (Å²) in [6.07, 6.45) is 0.950. The number of carbonyl (C=O) groups excluding carboxylic acids is 2. The van der Waals surface area contributed by atoms with Gasteiger partial charge in [-0.1, -0.05) is 30.3 Å². The van der Waals surface area contributed by atoms with Crippen LogP contribution < -0.4 is 27.3 Å². The number of hydrogen-bond donors (Lipinski definition) is 5. The van der Waals surface area contributed by atoms with Crippen LogP contribution in [0.25, 0.3) is 10.1 Å². The maximum Gasteiger partial charge on any atom is 0.262 e. The molecule has 2 heterocycles. The average Bonchev–Trinajstić information content (AvgIpc) is 3.39. The lowest BCUT2D eigenvalue weighted by atomic mass is 9.69. The zero-order valence-electron chi connectivity index (χ0n) is 22.6. The number of anilines is 1. The van der Waals surface area contributed by atoms with Gasteiger partial charge >= 0.3 is 0 Å². The van der Waals surface area contributed by atoms with Crippen LogP contribution in [0.2, 0.25) is 0 Å². The zero-order chi connectivity index (χ0) is 28.9. The maximum atomic E-state index is 14.1. The molecule has 0 radical (unpaired) electrons. The molecule has 1 aliphatic carbocycles. The minimum atomic E-state index is -1.57. The van der Waals surface area contributed by atoms with E-state index in [0.717, 1.165) is 5.56 Å². The fourth-order valence-electron chi connectivity index (χ4n) is 5.98. The summed E-state index contributed by atoms with van der Waals surface area (Å²) in [5.41, 5.74) is 20.5. The number of amides is 1. The van der Waals surface area contributed by atoms with Gasteiger partial charge in [-0.05, 0) is 66.8 Å². The molecule has 3 aromatic carbocycles. The van der Waals surface area contributed by atoms with Crippen molar-refractivity contribution < 1.29 is 24.2 Å². The number of aliphatic hydroxyl groups excluding tert-OH is 1. The highest BCUT2D eigenvalue weighted by Crippen LogP contribution is 2.50. The first kappa shape index (κ1) is 27.4. The van der Waals surface area contributed by atoms with Crippen LogP contribution in [0.4, 0.5) is 5.69 Å². The van der Waals surface area contributed by atoms with E-state index in [2.05, 4.69) is 5.32 Å². The Kier molecular flexibility index (Phi) is 6.83. The molecule has 1 aliphatic heterocycles. The molecule has 9 nitrogen and oxygen atoms in total. The number of nitrogens with one attached hydrogen (secondary N) is 1. The smallest absolute Gasteiger partial charge is 0.262 e. The number of hydrogen-bond acceptors (Lipinski definition) is 9. The fourth-order valence-corrected chi connectivity index (χ4v) is 7.17. The predicted octanol–water partition coefficient (Wildman–Crippen LogP) is 3.64. The third-order valence-corrected chi connectivity index (χ3v) is 9.51. The first-order valence-electron chi connectivity index (χ1n) is 13.5. The average molecular weight is 573 g/mol. The van der Waals surface area contributed by atoms with E-state index in [-0.39, 0.29) is 6.61 Å². The number of ketones is 1. The number of benzene rings is 3. The van der Waals surface area contributed by atoms with E-state index in [1.807, 2.05) is 43.3 Å². The summed E-state index contributed by atoms with van der Waals surface area (Å²) in [6.45, 7) is 2.51. The van der Waals surface area contributed by atoms with Crippen LogP contribution in [0, 0.1) is 6.92 Å². The van der Waals surface area contributed by atoms with E-state index < -0.39 is 28.8 Å². The number of aliphatic hydroxyl groups is 1. The van der Waals surface area contributed by atoms with Crippen molar-refractivity contribution in [3.63, 3.8) is 0 Å². The van der Waals surface area contributed by atoms with Gasteiger partial charge in [0.25, 0.3) is 5.91 Å². The lowest BCUT2D eigenvalue weighted by Gasteiger charge is -2.38. The first-order chi connectivity index (χ1) is 19.7. The summed E-state index contributed by atoms with van der Waals surface area (Å²) in [7, 11) is 0. The number of ether oxygens (including phenoxy) is 2. The molecule has 4 aromatic rings. The molecule has 2 aliphatic rings. The molecule has 1 saturated heterocycles. The highest BCUT2D eigenvalue weighted by molar-refractivity contribution is 7.21. The Balaban J connectivity index is 1.45. The molecular formula is C31H32N4O5S. The molecule has 0 bridgehead atoms. The molecule has 41 heavy (non-hydrogen) atoms. The van der Waals surface area contributed by atoms with Crippen LogP contribution in [-0.4, -0.2) is 42.2 Å². The highest BCUT2D eigenvalue weighted by atomic mass is 32.1. The third kappa shape index (κ3) is 4.39. The van der Waals surface area contributed by atoms with Gasteiger partial charge < -0.3 is 37.1 Å². The van der Waals surface area contributed by atoms with E-state index in [0.29, 0.717) is 74.9 Å². The molecular weight excluding hydrogens is 540 g/mol. The van der Waals surface area contributed by atoms with E-state index in [9.17, 15) is 14.7 Å². The Morgan fingerprint density at radius 2 is 1.80 bits per heavy atom. The fraction of sp³-hybridized carbons (Fsp3) is 0.290. The van der Waals surface area contributed by atoms with Crippen molar-refractivity contribution in [2.75, 3.05) is 25.6 Å². The minimum absolute atomic E-state index is 0.226. The van der Waals surface area contributed by atoms with Crippen LogP contribution >= 0.6 is 11.3 Å². The number of aryl methyl sites for hydroxylation is 1. The molecule has 0 spiro atoms.